The largest absolute Gasteiger partial charge is 0.461 e. The van der Waals surface area contributed by atoms with E-state index in [2.05, 4.69) is 23.2 Å². The summed E-state index contributed by atoms with van der Waals surface area (Å²) in [7, 11) is 0. The first-order chi connectivity index (χ1) is 13.8. The van der Waals surface area contributed by atoms with E-state index in [4.69, 9.17) is 4.42 Å². The first-order valence-corrected chi connectivity index (χ1v) is 10.1. The van der Waals surface area contributed by atoms with Crippen LogP contribution in [0, 0.1) is 19.7 Å². The molecule has 2 nitrogen and oxygen atoms in total. The van der Waals surface area contributed by atoms with Crippen LogP contribution in [0.25, 0.3) is 33.0 Å². The van der Waals surface area contributed by atoms with Crippen molar-refractivity contribution < 1.29 is 13.2 Å². The highest BCUT2D eigenvalue weighted by Gasteiger charge is 2.35. The lowest BCUT2D eigenvalue weighted by Crippen LogP contribution is -2.11. The number of aromatic nitrogens is 1. The molecule has 1 aliphatic rings. The van der Waals surface area contributed by atoms with Crippen LogP contribution in [0.2, 0.25) is 0 Å². The van der Waals surface area contributed by atoms with E-state index in [0.29, 0.717) is 35.1 Å². The van der Waals surface area contributed by atoms with Crippen LogP contribution in [0.1, 0.15) is 49.0 Å². The zero-order valence-electron chi connectivity index (χ0n) is 16.9. The van der Waals surface area contributed by atoms with Crippen LogP contribution >= 0.6 is 0 Å². The van der Waals surface area contributed by atoms with Crippen LogP contribution in [-0.2, 0) is 0 Å². The molecular weight excluding hydrogens is 368 g/mol. The highest BCUT2D eigenvalue weighted by molar-refractivity contribution is 6.02. The van der Waals surface area contributed by atoms with Gasteiger partial charge in [0.05, 0.1) is 11.1 Å². The Balaban J connectivity index is 1.67. The highest BCUT2D eigenvalue weighted by Crippen LogP contribution is 2.44. The number of nitrogens with zero attached hydrogens (tertiary/aromatic N) is 1. The van der Waals surface area contributed by atoms with E-state index in [0.717, 1.165) is 28.5 Å². The molecule has 0 amide bonds. The lowest BCUT2D eigenvalue weighted by molar-refractivity contribution is 0.197. The molecule has 1 aliphatic carbocycles. The fraction of sp³-hybridized carbons (Fsp3) is 0.320. The molecule has 2 aromatic heterocycles. The van der Waals surface area contributed by atoms with Gasteiger partial charge in [-0.2, -0.15) is 0 Å². The van der Waals surface area contributed by atoms with Crippen molar-refractivity contribution in [1.82, 2.24) is 4.98 Å². The minimum absolute atomic E-state index is 0.249. The molecule has 2 unspecified atom stereocenters. The Hall–Kier alpha value is -2.75. The predicted octanol–water partition coefficient (Wildman–Crippen LogP) is 7.40. The van der Waals surface area contributed by atoms with E-state index in [1.54, 1.807) is 26.1 Å². The molecule has 2 aromatic carbocycles. The zero-order chi connectivity index (χ0) is 20.3. The van der Waals surface area contributed by atoms with Crippen molar-refractivity contribution in [2.24, 2.45) is 0 Å². The number of hydrogen-bond donors (Lipinski definition) is 0. The fourth-order valence-corrected chi connectivity index (χ4v) is 4.75. The molecule has 0 bridgehead atoms. The molecule has 2 atom stereocenters. The van der Waals surface area contributed by atoms with Crippen molar-refractivity contribution in [3.63, 3.8) is 0 Å². The number of pyridine rings is 1. The molecule has 2 heterocycles. The van der Waals surface area contributed by atoms with Gasteiger partial charge in [0.25, 0.3) is 0 Å². The number of benzene rings is 2. The van der Waals surface area contributed by atoms with Crippen LogP contribution < -0.4 is 0 Å². The van der Waals surface area contributed by atoms with E-state index < -0.39 is 5.67 Å². The molecule has 0 spiro atoms. The monoisotopic (exact) mass is 391 g/mol. The number of aryl methyl sites for hydroxylation is 2. The van der Waals surface area contributed by atoms with E-state index in [1.807, 2.05) is 19.1 Å². The third-order valence-electron chi connectivity index (χ3n) is 6.24. The average molecular weight is 391 g/mol. The van der Waals surface area contributed by atoms with Gasteiger partial charge in [0.2, 0.25) is 0 Å². The van der Waals surface area contributed by atoms with Crippen molar-refractivity contribution in [2.45, 2.75) is 51.6 Å². The van der Waals surface area contributed by atoms with Gasteiger partial charge in [-0.15, -0.1) is 0 Å². The van der Waals surface area contributed by atoms with E-state index in [1.165, 1.54) is 5.56 Å². The topological polar surface area (TPSA) is 26.0 Å². The first-order valence-electron chi connectivity index (χ1n) is 10.1. The Labute approximate surface area is 168 Å². The van der Waals surface area contributed by atoms with Crippen molar-refractivity contribution in [2.75, 3.05) is 0 Å². The van der Waals surface area contributed by atoms with Crippen LogP contribution in [0.3, 0.4) is 0 Å². The summed E-state index contributed by atoms with van der Waals surface area (Å²) < 4.78 is 34.8. The number of halogens is 2. The lowest BCUT2D eigenvalue weighted by Gasteiger charge is -2.15. The molecule has 0 aliphatic heterocycles. The van der Waals surface area contributed by atoms with Gasteiger partial charge in [0, 0.05) is 17.1 Å². The van der Waals surface area contributed by atoms with E-state index in [9.17, 15) is 8.78 Å². The van der Waals surface area contributed by atoms with Crippen molar-refractivity contribution >= 4 is 21.7 Å². The summed E-state index contributed by atoms with van der Waals surface area (Å²) in [5.74, 6) is 0.668. The molecule has 5 rings (SSSR count). The Kier molecular flexibility index (Phi) is 4.02. The molecule has 148 valence electrons. The molecule has 1 fully saturated rings. The summed E-state index contributed by atoms with van der Waals surface area (Å²) in [6.45, 7) is 5.28. The van der Waals surface area contributed by atoms with E-state index >= 15 is 0 Å². The predicted molar refractivity (Wildman–Crippen MR) is 112 cm³/mol. The van der Waals surface area contributed by atoms with Gasteiger partial charge in [-0.05, 0) is 80.7 Å². The summed E-state index contributed by atoms with van der Waals surface area (Å²) in [5, 5.41) is 2.53. The fourth-order valence-electron chi connectivity index (χ4n) is 4.75. The first kappa shape index (κ1) is 18.3. The molecule has 29 heavy (non-hydrogen) atoms. The summed E-state index contributed by atoms with van der Waals surface area (Å²) in [6, 6.07) is 11.8. The number of furan rings is 1. The normalized spacial score (nSPS) is 22.0. The average Bonchev–Trinajstić information content (AvgIpc) is 3.26. The zero-order valence-corrected chi connectivity index (χ0v) is 16.9. The molecule has 0 N–H and O–H groups in total. The summed E-state index contributed by atoms with van der Waals surface area (Å²) in [4.78, 5) is 4.62. The van der Waals surface area contributed by atoms with Crippen molar-refractivity contribution in [1.29, 1.82) is 0 Å². The number of fused-ring (bicyclic) bond motifs is 2. The van der Waals surface area contributed by atoms with Gasteiger partial charge in [-0.25, -0.2) is 8.78 Å². The maximum Gasteiger partial charge on any atom is 0.146 e. The second-order valence-corrected chi connectivity index (χ2v) is 8.65. The standard InChI is InChI=1S/C25H23F2NO/c1-14-10-21(24-20(22(14)26)11-15(2)29-24)23-19-5-4-16(12-17(19)7-9-28-23)18-6-8-25(3,27)13-18/h4-5,7,9-12,18H,6,8,13H2,1-3H3. The quantitative estimate of drug-likeness (QED) is 0.356. The third-order valence-corrected chi connectivity index (χ3v) is 6.24. The minimum atomic E-state index is -1.07. The maximum absolute atomic E-state index is 14.6. The highest BCUT2D eigenvalue weighted by atomic mass is 19.1. The Morgan fingerprint density at radius 2 is 1.93 bits per heavy atom. The van der Waals surface area contributed by atoms with Crippen molar-refractivity contribution in [3.8, 4) is 11.3 Å². The summed E-state index contributed by atoms with van der Waals surface area (Å²) >= 11 is 0. The van der Waals surface area contributed by atoms with E-state index in [-0.39, 0.29) is 11.7 Å². The lowest BCUT2D eigenvalue weighted by atomic mass is 9.92. The second-order valence-electron chi connectivity index (χ2n) is 8.65. The van der Waals surface area contributed by atoms with Gasteiger partial charge in [0.15, 0.2) is 0 Å². The molecular formula is C25H23F2NO. The number of alkyl halides is 1. The molecule has 0 saturated heterocycles. The molecule has 0 radical (unpaired) electrons. The van der Waals surface area contributed by atoms with Crippen LogP contribution in [-0.4, -0.2) is 10.7 Å². The number of hydrogen-bond acceptors (Lipinski definition) is 2. The van der Waals surface area contributed by atoms with Gasteiger partial charge in [-0.1, -0.05) is 18.2 Å². The van der Waals surface area contributed by atoms with Gasteiger partial charge in [0.1, 0.15) is 22.8 Å². The molecule has 4 aromatic rings. The summed E-state index contributed by atoms with van der Waals surface area (Å²) in [5.41, 5.74) is 2.76. The molecule has 4 heteroatoms. The SMILES string of the molecule is Cc1cc2c(F)c(C)cc(-c3nccc4cc(C5CCC(C)(F)C5)ccc34)c2o1. The summed E-state index contributed by atoms with van der Waals surface area (Å²) in [6.07, 6.45) is 3.83. The second kappa shape index (κ2) is 6.38. The van der Waals surface area contributed by atoms with Gasteiger partial charge in [-0.3, -0.25) is 4.98 Å². The number of rotatable bonds is 2. The molecule has 1 saturated carbocycles. The Bertz CT molecular complexity index is 1250. The van der Waals surface area contributed by atoms with Crippen LogP contribution in [0.5, 0.6) is 0 Å². The maximum atomic E-state index is 14.6. The minimum Gasteiger partial charge on any atom is -0.461 e. The smallest absolute Gasteiger partial charge is 0.146 e. The Morgan fingerprint density at radius 3 is 2.69 bits per heavy atom. The third kappa shape index (κ3) is 3.02. The van der Waals surface area contributed by atoms with Crippen molar-refractivity contribution in [3.05, 3.63) is 65.3 Å². The van der Waals surface area contributed by atoms with Crippen LogP contribution in [0.4, 0.5) is 8.78 Å². The Morgan fingerprint density at radius 1 is 1.10 bits per heavy atom. The van der Waals surface area contributed by atoms with Crippen LogP contribution in [0.15, 0.2) is 47.0 Å². The van der Waals surface area contributed by atoms with Gasteiger partial charge >= 0.3 is 0 Å². The van der Waals surface area contributed by atoms with Gasteiger partial charge < -0.3 is 4.42 Å².